The van der Waals surface area contributed by atoms with Crippen LogP contribution in [0.2, 0.25) is 0 Å². The van der Waals surface area contributed by atoms with Crippen LogP contribution in [0.15, 0.2) is 30.3 Å². The van der Waals surface area contributed by atoms with E-state index < -0.39 is 6.04 Å². The summed E-state index contributed by atoms with van der Waals surface area (Å²) in [7, 11) is 0. The van der Waals surface area contributed by atoms with E-state index in [4.69, 9.17) is 0 Å². The second-order valence-electron chi connectivity index (χ2n) is 5.98. The molecule has 20 heavy (non-hydrogen) atoms. The molecule has 0 N–H and O–H groups in total. The molecule has 4 heteroatoms. The number of hydrogen-bond acceptors (Lipinski definition) is 2. The molecule has 1 aliphatic carbocycles. The SMILES string of the molecule is O=C1C(c2ccccc2)N(C2CC2)C(=O)C2CCCN12. The average molecular weight is 270 g/mol. The molecule has 3 aliphatic rings. The van der Waals surface area contributed by atoms with E-state index in [1.807, 2.05) is 35.2 Å². The molecule has 1 saturated carbocycles. The van der Waals surface area contributed by atoms with E-state index in [1.165, 1.54) is 0 Å². The molecule has 2 saturated heterocycles. The molecule has 2 aliphatic heterocycles. The maximum Gasteiger partial charge on any atom is 0.250 e. The Bertz CT molecular complexity index is 553. The summed E-state index contributed by atoms with van der Waals surface area (Å²) in [4.78, 5) is 29.3. The van der Waals surface area contributed by atoms with Crippen LogP contribution in [0.5, 0.6) is 0 Å². The van der Waals surface area contributed by atoms with E-state index in [2.05, 4.69) is 0 Å². The summed E-state index contributed by atoms with van der Waals surface area (Å²) in [6.07, 6.45) is 3.85. The van der Waals surface area contributed by atoms with Crippen LogP contribution >= 0.6 is 0 Å². The predicted octanol–water partition coefficient (Wildman–Crippen LogP) is 1.72. The lowest BCUT2D eigenvalue weighted by Crippen LogP contribution is -2.59. The molecular formula is C16H18N2O2. The summed E-state index contributed by atoms with van der Waals surface area (Å²) >= 11 is 0. The first kappa shape index (κ1) is 11.9. The minimum absolute atomic E-state index is 0.116. The number of nitrogens with zero attached hydrogens (tertiary/aromatic N) is 2. The van der Waals surface area contributed by atoms with E-state index in [9.17, 15) is 9.59 Å². The maximum atomic E-state index is 12.8. The molecule has 0 spiro atoms. The number of amides is 2. The van der Waals surface area contributed by atoms with E-state index in [1.54, 1.807) is 4.90 Å². The zero-order valence-electron chi connectivity index (χ0n) is 11.4. The highest BCUT2D eigenvalue weighted by molar-refractivity contribution is 5.98. The fraction of sp³-hybridized carbons (Fsp3) is 0.500. The Labute approximate surface area is 118 Å². The fourth-order valence-electron chi connectivity index (χ4n) is 3.54. The van der Waals surface area contributed by atoms with Crippen LogP contribution in [0.4, 0.5) is 0 Å². The Kier molecular flexibility index (Phi) is 2.59. The zero-order valence-corrected chi connectivity index (χ0v) is 11.4. The molecule has 3 fully saturated rings. The van der Waals surface area contributed by atoms with Gasteiger partial charge in [-0.25, -0.2) is 0 Å². The monoisotopic (exact) mass is 270 g/mol. The van der Waals surface area contributed by atoms with Gasteiger partial charge in [-0.1, -0.05) is 30.3 Å². The van der Waals surface area contributed by atoms with Crippen molar-refractivity contribution in [3.05, 3.63) is 35.9 Å². The normalized spacial score (nSPS) is 29.8. The minimum atomic E-state index is -0.398. The highest BCUT2D eigenvalue weighted by Crippen LogP contribution is 2.41. The van der Waals surface area contributed by atoms with Gasteiger partial charge >= 0.3 is 0 Å². The molecule has 2 amide bonds. The lowest BCUT2D eigenvalue weighted by molar-refractivity contribution is -0.160. The second-order valence-corrected chi connectivity index (χ2v) is 5.98. The highest BCUT2D eigenvalue weighted by atomic mass is 16.2. The van der Waals surface area contributed by atoms with E-state index in [-0.39, 0.29) is 23.9 Å². The van der Waals surface area contributed by atoms with E-state index in [0.29, 0.717) is 0 Å². The largest absolute Gasteiger partial charge is 0.329 e. The lowest BCUT2D eigenvalue weighted by Gasteiger charge is -2.42. The van der Waals surface area contributed by atoms with Crippen molar-refractivity contribution in [2.45, 2.75) is 43.8 Å². The first-order chi connectivity index (χ1) is 9.77. The van der Waals surface area contributed by atoms with Gasteiger partial charge in [0, 0.05) is 12.6 Å². The van der Waals surface area contributed by atoms with Crippen molar-refractivity contribution >= 4 is 11.8 Å². The lowest BCUT2D eigenvalue weighted by atomic mass is 9.98. The summed E-state index contributed by atoms with van der Waals surface area (Å²) < 4.78 is 0. The van der Waals surface area contributed by atoms with Gasteiger partial charge in [-0.05, 0) is 31.2 Å². The molecule has 1 aromatic carbocycles. The zero-order chi connectivity index (χ0) is 13.7. The van der Waals surface area contributed by atoms with Gasteiger partial charge in [0.2, 0.25) is 5.91 Å². The first-order valence-corrected chi connectivity index (χ1v) is 7.45. The fourth-order valence-corrected chi connectivity index (χ4v) is 3.54. The Morgan fingerprint density at radius 3 is 2.40 bits per heavy atom. The number of fused-ring (bicyclic) bond motifs is 1. The van der Waals surface area contributed by atoms with Crippen molar-refractivity contribution in [2.75, 3.05) is 6.54 Å². The van der Waals surface area contributed by atoms with Gasteiger partial charge in [0.15, 0.2) is 0 Å². The molecule has 2 atom stereocenters. The third kappa shape index (κ3) is 1.67. The van der Waals surface area contributed by atoms with Crippen molar-refractivity contribution in [3.8, 4) is 0 Å². The van der Waals surface area contributed by atoms with Gasteiger partial charge in [0.25, 0.3) is 5.91 Å². The van der Waals surface area contributed by atoms with Crippen molar-refractivity contribution < 1.29 is 9.59 Å². The van der Waals surface area contributed by atoms with E-state index in [0.717, 1.165) is 37.8 Å². The maximum absolute atomic E-state index is 12.8. The quantitative estimate of drug-likeness (QED) is 0.821. The van der Waals surface area contributed by atoms with Crippen LogP contribution in [-0.2, 0) is 9.59 Å². The third-order valence-electron chi connectivity index (χ3n) is 4.64. The van der Waals surface area contributed by atoms with Crippen LogP contribution in [0.25, 0.3) is 0 Å². The Morgan fingerprint density at radius 2 is 1.70 bits per heavy atom. The van der Waals surface area contributed by atoms with Crippen LogP contribution in [0.1, 0.15) is 37.3 Å². The molecule has 0 bridgehead atoms. The Hall–Kier alpha value is -1.84. The molecule has 4 nitrogen and oxygen atoms in total. The van der Waals surface area contributed by atoms with Crippen LogP contribution in [0, 0.1) is 0 Å². The molecule has 0 aromatic heterocycles. The van der Waals surface area contributed by atoms with Gasteiger partial charge in [0.05, 0.1) is 0 Å². The number of hydrogen-bond donors (Lipinski definition) is 0. The Balaban J connectivity index is 1.77. The molecule has 4 rings (SSSR count). The van der Waals surface area contributed by atoms with Crippen LogP contribution < -0.4 is 0 Å². The minimum Gasteiger partial charge on any atom is -0.329 e. The summed E-state index contributed by atoms with van der Waals surface area (Å²) in [5.74, 6) is 0.281. The van der Waals surface area contributed by atoms with Crippen molar-refractivity contribution in [1.82, 2.24) is 9.80 Å². The van der Waals surface area contributed by atoms with Crippen molar-refractivity contribution in [1.29, 1.82) is 0 Å². The molecule has 104 valence electrons. The van der Waals surface area contributed by atoms with Crippen molar-refractivity contribution in [3.63, 3.8) is 0 Å². The van der Waals surface area contributed by atoms with Crippen molar-refractivity contribution in [2.24, 2.45) is 0 Å². The van der Waals surface area contributed by atoms with Gasteiger partial charge in [-0.15, -0.1) is 0 Å². The summed E-state index contributed by atoms with van der Waals surface area (Å²) in [5.41, 5.74) is 0.947. The van der Waals surface area contributed by atoms with Gasteiger partial charge in [0.1, 0.15) is 12.1 Å². The molecule has 2 heterocycles. The van der Waals surface area contributed by atoms with E-state index >= 15 is 0 Å². The summed E-state index contributed by atoms with van der Waals surface area (Å²) in [6, 6.07) is 9.43. The summed E-state index contributed by atoms with van der Waals surface area (Å²) in [5, 5.41) is 0. The molecule has 0 radical (unpaired) electrons. The Morgan fingerprint density at radius 1 is 0.950 bits per heavy atom. The highest BCUT2D eigenvalue weighted by Gasteiger charge is 2.52. The number of benzene rings is 1. The number of carbonyl (C=O) groups is 2. The standard InChI is InChI=1S/C16H18N2O2/c19-15-13-7-4-10-17(13)16(20)14(18(15)12-8-9-12)11-5-2-1-3-6-11/h1-3,5-6,12-14H,4,7-10H2. The topological polar surface area (TPSA) is 40.6 Å². The van der Waals surface area contributed by atoms with Gasteiger partial charge < -0.3 is 9.80 Å². The number of rotatable bonds is 2. The molecule has 2 unspecified atom stereocenters. The van der Waals surface area contributed by atoms with Gasteiger partial charge in [-0.2, -0.15) is 0 Å². The average Bonchev–Trinajstić information content (AvgIpc) is 3.18. The number of piperazine rings is 1. The first-order valence-electron chi connectivity index (χ1n) is 7.45. The molecular weight excluding hydrogens is 252 g/mol. The summed E-state index contributed by atoms with van der Waals surface area (Å²) in [6.45, 7) is 0.733. The smallest absolute Gasteiger partial charge is 0.250 e. The third-order valence-corrected chi connectivity index (χ3v) is 4.64. The van der Waals surface area contributed by atoms with Crippen LogP contribution in [-0.4, -0.2) is 40.2 Å². The predicted molar refractivity (Wildman–Crippen MR) is 73.8 cm³/mol. The second kappa shape index (κ2) is 4.33. The van der Waals surface area contributed by atoms with Crippen LogP contribution in [0.3, 0.4) is 0 Å². The number of carbonyl (C=O) groups excluding carboxylic acids is 2. The molecule has 1 aromatic rings. The van der Waals surface area contributed by atoms with Gasteiger partial charge in [-0.3, -0.25) is 9.59 Å².